The highest BCUT2D eigenvalue weighted by molar-refractivity contribution is 7.98. The molecule has 0 aliphatic rings. The molecule has 28 heavy (non-hydrogen) atoms. The van der Waals surface area contributed by atoms with E-state index in [1.165, 1.54) is 11.8 Å². The van der Waals surface area contributed by atoms with E-state index in [2.05, 4.69) is 11.6 Å². The van der Waals surface area contributed by atoms with E-state index in [1.807, 2.05) is 47.8 Å². The largest absolute Gasteiger partial charge is 0.283 e. The number of para-hydroxylation sites is 1. The Labute approximate surface area is 175 Å². The molecule has 0 bridgehead atoms. The van der Waals surface area contributed by atoms with Crippen LogP contribution in [0.3, 0.4) is 0 Å². The van der Waals surface area contributed by atoms with E-state index >= 15 is 0 Å². The molecule has 2 aromatic heterocycles. The number of hydrogen-bond donors (Lipinski definition) is 0. The van der Waals surface area contributed by atoms with Crippen LogP contribution in [0.25, 0.3) is 21.5 Å². The van der Waals surface area contributed by atoms with Crippen molar-refractivity contribution in [3.05, 3.63) is 87.6 Å². The zero-order valence-electron chi connectivity index (χ0n) is 14.8. The van der Waals surface area contributed by atoms with E-state index in [-0.39, 0.29) is 5.56 Å². The summed E-state index contributed by atoms with van der Waals surface area (Å²) < 4.78 is 1.65. The first-order valence-corrected chi connectivity index (χ1v) is 10.8. The highest BCUT2D eigenvalue weighted by Gasteiger charge is 2.13. The number of fused-ring (bicyclic) bond motifs is 1. The molecule has 7 heteroatoms. The summed E-state index contributed by atoms with van der Waals surface area (Å²) in [7, 11) is 0. The Morgan fingerprint density at radius 1 is 1.14 bits per heavy atom. The Kier molecular flexibility index (Phi) is 5.62. The Balaban J connectivity index is 1.63. The molecule has 0 fully saturated rings. The number of allylic oxidation sites excluding steroid dienone is 1. The van der Waals surface area contributed by atoms with Gasteiger partial charge in [0.2, 0.25) is 0 Å². The topological polar surface area (TPSA) is 47.8 Å². The molecule has 0 saturated heterocycles. The van der Waals surface area contributed by atoms with Crippen LogP contribution < -0.4 is 5.56 Å². The van der Waals surface area contributed by atoms with Gasteiger partial charge in [-0.05, 0) is 18.2 Å². The lowest BCUT2D eigenvalue weighted by Crippen LogP contribution is -2.22. The van der Waals surface area contributed by atoms with Crippen molar-refractivity contribution >= 4 is 45.6 Å². The molecule has 0 saturated carbocycles. The molecular formula is C21H16ClN3OS2. The number of hydrogen-bond acceptors (Lipinski definition) is 5. The van der Waals surface area contributed by atoms with E-state index < -0.39 is 0 Å². The second-order valence-electron chi connectivity index (χ2n) is 6.03. The predicted molar refractivity (Wildman–Crippen MR) is 118 cm³/mol. The summed E-state index contributed by atoms with van der Waals surface area (Å²) in [6.45, 7) is 4.18. The third-order valence-corrected chi connectivity index (χ3v) is 6.41. The van der Waals surface area contributed by atoms with Gasteiger partial charge in [0, 0.05) is 23.2 Å². The maximum absolute atomic E-state index is 12.8. The average molecular weight is 426 g/mol. The molecule has 140 valence electrons. The summed E-state index contributed by atoms with van der Waals surface area (Å²) in [5.41, 5.74) is 2.50. The first kappa shape index (κ1) is 18.9. The van der Waals surface area contributed by atoms with Gasteiger partial charge in [0.05, 0.1) is 21.6 Å². The fraction of sp³-hybridized carbons (Fsp3) is 0.0952. The minimum absolute atomic E-state index is 0.0527. The van der Waals surface area contributed by atoms with Crippen LogP contribution in [-0.4, -0.2) is 14.5 Å². The molecule has 2 aromatic carbocycles. The monoisotopic (exact) mass is 425 g/mol. The first-order valence-electron chi connectivity index (χ1n) is 8.60. The zero-order valence-corrected chi connectivity index (χ0v) is 17.2. The van der Waals surface area contributed by atoms with Gasteiger partial charge < -0.3 is 0 Å². The molecule has 0 aliphatic carbocycles. The molecule has 4 aromatic rings. The smallest absolute Gasteiger partial charge is 0.262 e. The lowest BCUT2D eigenvalue weighted by Gasteiger charge is -2.10. The van der Waals surface area contributed by atoms with Crippen molar-refractivity contribution in [3.8, 4) is 10.6 Å². The summed E-state index contributed by atoms with van der Waals surface area (Å²) in [5, 5.41) is 4.87. The van der Waals surface area contributed by atoms with Gasteiger partial charge in [-0.2, -0.15) is 0 Å². The Morgan fingerprint density at radius 3 is 2.75 bits per heavy atom. The number of halogens is 1. The summed E-state index contributed by atoms with van der Waals surface area (Å²) in [5.74, 6) is 0.614. The lowest BCUT2D eigenvalue weighted by atomic mass is 10.2. The van der Waals surface area contributed by atoms with Crippen molar-refractivity contribution in [1.82, 2.24) is 14.5 Å². The van der Waals surface area contributed by atoms with Gasteiger partial charge in [0.25, 0.3) is 5.56 Å². The SMILES string of the molecule is C=CCn1c(SCc2csc(-c3ccccc3Cl)n2)nc2ccccc2c1=O. The number of thiazole rings is 1. The number of benzene rings is 2. The first-order chi connectivity index (χ1) is 13.7. The summed E-state index contributed by atoms with van der Waals surface area (Å²) in [4.78, 5) is 22.2. The van der Waals surface area contributed by atoms with Crippen LogP contribution in [0, 0.1) is 0 Å². The number of nitrogens with zero attached hydrogens (tertiary/aromatic N) is 3. The summed E-state index contributed by atoms with van der Waals surface area (Å²) in [6, 6.07) is 15.1. The number of rotatable bonds is 6. The summed E-state index contributed by atoms with van der Waals surface area (Å²) >= 11 is 9.33. The molecule has 0 N–H and O–H groups in total. The van der Waals surface area contributed by atoms with Crippen molar-refractivity contribution in [2.75, 3.05) is 0 Å². The molecule has 2 heterocycles. The van der Waals surface area contributed by atoms with Crippen molar-refractivity contribution in [1.29, 1.82) is 0 Å². The normalized spacial score (nSPS) is 11.0. The van der Waals surface area contributed by atoms with Gasteiger partial charge >= 0.3 is 0 Å². The highest BCUT2D eigenvalue weighted by Crippen LogP contribution is 2.31. The maximum Gasteiger partial charge on any atom is 0.262 e. The highest BCUT2D eigenvalue weighted by atomic mass is 35.5. The van der Waals surface area contributed by atoms with E-state index in [0.717, 1.165) is 16.3 Å². The van der Waals surface area contributed by atoms with Gasteiger partial charge in [-0.3, -0.25) is 9.36 Å². The number of aromatic nitrogens is 3. The van der Waals surface area contributed by atoms with Crippen molar-refractivity contribution in [3.63, 3.8) is 0 Å². The molecule has 0 unspecified atom stereocenters. The lowest BCUT2D eigenvalue weighted by molar-refractivity contribution is 0.671. The Hall–Kier alpha value is -2.41. The van der Waals surface area contributed by atoms with E-state index in [9.17, 15) is 4.79 Å². The number of thioether (sulfide) groups is 1. The maximum atomic E-state index is 12.8. The minimum atomic E-state index is -0.0527. The van der Waals surface area contributed by atoms with Crippen LogP contribution in [0.1, 0.15) is 5.69 Å². The van der Waals surface area contributed by atoms with Crippen molar-refractivity contribution < 1.29 is 0 Å². The third-order valence-electron chi connectivity index (χ3n) is 4.14. The molecule has 0 aliphatic heterocycles. The van der Waals surface area contributed by atoms with Crippen LogP contribution in [0.5, 0.6) is 0 Å². The van der Waals surface area contributed by atoms with Crippen molar-refractivity contribution in [2.45, 2.75) is 17.5 Å². The molecular weight excluding hydrogens is 410 g/mol. The average Bonchev–Trinajstić information content (AvgIpc) is 3.18. The fourth-order valence-corrected chi connectivity index (χ4v) is 4.96. The van der Waals surface area contributed by atoms with Crippen LogP contribution >= 0.6 is 34.7 Å². The van der Waals surface area contributed by atoms with Gasteiger partial charge in [0.15, 0.2) is 5.16 Å². The predicted octanol–water partition coefficient (Wildman–Crippen LogP) is 5.65. The van der Waals surface area contributed by atoms with Crippen LogP contribution in [0.15, 0.2) is 76.5 Å². The van der Waals surface area contributed by atoms with Gasteiger partial charge in [-0.1, -0.05) is 59.8 Å². The molecule has 4 rings (SSSR count). The van der Waals surface area contributed by atoms with Gasteiger partial charge in [-0.15, -0.1) is 17.9 Å². The standard InChI is InChI=1S/C21H16ClN3OS2/c1-2-11-25-20(26)16-8-4-6-10-18(16)24-21(25)28-13-14-12-27-19(23-14)15-7-3-5-9-17(15)22/h2-10,12H,1,11,13H2. The molecule has 0 atom stereocenters. The second-order valence-corrected chi connectivity index (χ2v) is 8.24. The van der Waals surface area contributed by atoms with Crippen molar-refractivity contribution in [2.24, 2.45) is 0 Å². The fourth-order valence-electron chi connectivity index (χ4n) is 2.82. The van der Waals surface area contributed by atoms with Crippen LogP contribution in [0.4, 0.5) is 0 Å². The van der Waals surface area contributed by atoms with E-state index in [1.54, 1.807) is 28.0 Å². The second kappa shape index (κ2) is 8.31. The molecule has 0 spiro atoms. The van der Waals surface area contributed by atoms with E-state index in [0.29, 0.717) is 33.4 Å². The van der Waals surface area contributed by atoms with Gasteiger partial charge in [-0.25, -0.2) is 9.97 Å². The van der Waals surface area contributed by atoms with Crippen LogP contribution in [-0.2, 0) is 12.3 Å². The van der Waals surface area contributed by atoms with E-state index in [4.69, 9.17) is 16.6 Å². The zero-order chi connectivity index (χ0) is 19.5. The Bertz CT molecular complexity index is 1220. The summed E-state index contributed by atoms with van der Waals surface area (Å²) in [6.07, 6.45) is 1.71. The van der Waals surface area contributed by atoms with Gasteiger partial charge in [0.1, 0.15) is 5.01 Å². The quantitative estimate of drug-likeness (QED) is 0.227. The third kappa shape index (κ3) is 3.76. The molecule has 0 amide bonds. The Morgan fingerprint density at radius 2 is 1.93 bits per heavy atom. The molecule has 4 nitrogen and oxygen atoms in total. The minimum Gasteiger partial charge on any atom is -0.283 e. The van der Waals surface area contributed by atoms with Crippen LogP contribution in [0.2, 0.25) is 5.02 Å². The molecule has 0 radical (unpaired) electrons.